The number of fused-ring (bicyclic) bond motifs is 3. The van der Waals surface area contributed by atoms with E-state index in [0.29, 0.717) is 22.8 Å². The van der Waals surface area contributed by atoms with E-state index in [4.69, 9.17) is 9.47 Å². The Balaban J connectivity index is 1.33. The van der Waals surface area contributed by atoms with Crippen molar-refractivity contribution in [1.29, 1.82) is 0 Å². The zero-order valence-corrected chi connectivity index (χ0v) is 16.8. The molecule has 0 radical (unpaired) electrons. The molecule has 1 atom stereocenters. The molecule has 0 bridgehead atoms. The van der Waals surface area contributed by atoms with Crippen molar-refractivity contribution in [2.24, 2.45) is 5.10 Å². The number of nitrogens with one attached hydrogen (secondary N) is 1. The number of hydrazone groups is 1. The summed E-state index contributed by atoms with van der Waals surface area (Å²) in [6.45, 7) is 1.82. The van der Waals surface area contributed by atoms with E-state index in [1.165, 1.54) is 0 Å². The lowest BCUT2D eigenvalue weighted by molar-refractivity contribution is -0.130. The van der Waals surface area contributed by atoms with Gasteiger partial charge in [-0.15, -0.1) is 0 Å². The average Bonchev–Trinajstić information content (AvgIpc) is 2.81. The molecule has 4 aromatic carbocycles. The third-order valence-corrected chi connectivity index (χ3v) is 5.39. The number of carbonyl (C=O) groups is 1. The van der Waals surface area contributed by atoms with Crippen molar-refractivity contribution >= 4 is 33.2 Å². The minimum absolute atomic E-state index is 0.0902. The summed E-state index contributed by atoms with van der Waals surface area (Å²) in [6, 6.07) is 22.9. The van der Waals surface area contributed by atoms with Gasteiger partial charge in [-0.1, -0.05) is 54.6 Å². The Bertz CT molecular complexity index is 1350. The molecule has 4 aromatic rings. The molecule has 1 aliphatic heterocycles. The molecule has 0 aliphatic carbocycles. The van der Waals surface area contributed by atoms with E-state index in [1.807, 2.05) is 66.7 Å². The molecule has 1 aliphatic rings. The molecule has 6 heteroatoms. The number of rotatable bonds is 3. The van der Waals surface area contributed by atoms with E-state index in [2.05, 4.69) is 10.5 Å². The number of carbonyl (C=O) groups excluding carboxylic acids is 1. The van der Waals surface area contributed by atoms with E-state index < -0.39 is 12.0 Å². The standard InChI is InChI=1S/C25H20N2O4/c1-15(19-11-10-16-6-4-5-9-20(16)24(19)28)26-27-25(29)23-14-30-21-12-17-7-2-3-8-18(17)13-22(21)31-23/h2-13,23,28H,14H2,1H3,(H,27,29). The van der Waals surface area contributed by atoms with Crippen molar-refractivity contribution in [2.45, 2.75) is 13.0 Å². The smallest absolute Gasteiger partial charge is 0.284 e. The largest absolute Gasteiger partial charge is 0.507 e. The summed E-state index contributed by atoms with van der Waals surface area (Å²) in [4.78, 5) is 12.6. The number of hydrogen-bond acceptors (Lipinski definition) is 5. The zero-order valence-electron chi connectivity index (χ0n) is 16.8. The Morgan fingerprint density at radius 2 is 1.65 bits per heavy atom. The fourth-order valence-electron chi connectivity index (χ4n) is 3.70. The van der Waals surface area contributed by atoms with Crippen LogP contribution in [-0.4, -0.2) is 29.4 Å². The molecule has 5 rings (SSSR count). The molecule has 0 aromatic heterocycles. The molecule has 1 amide bonds. The van der Waals surface area contributed by atoms with Gasteiger partial charge >= 0.3 is 0 Å². The first-order chi connectivity index (χ1) is 15.1. The predicted molar refractivity (Wildman–Crippen MR) is 120 cm³/mol. The Kier molecular flexibility index (Phi) is 4.67. The second kappa shape index (κ2) is 7.65. The van der Waals surface area contributed by atoms with Gasteiger partial charge in [-0.25, -0.2) is 5.43 Å². The van der Waals surface area contributed by atoms with Gasteiger partial charge in [0.25, 0.3) is 5.91 Å². The van der Waals surface area contributed by atoms with Crippen molar-refractivity contribution < 1.29 is 19.4 Å². The molecule has 1 heterocycles. The number of nitrogens with zero attached hydrogens (tertiary/aromatic N) is 1. The third kappa shape index (κ3) is 3.53. The predicted octanol–water partition coefficient (Wildman–Crippen LogP) is 4.38. The Morgan fingerprint density at radius 1 is 0.968 bits per heavy atom. The fraction of sp³-hybridized carbons (Fsp3) is 0.120. The topological polar surface area (TPSA) is 80.2 Å². The molecule has 31 heavy (non-hydrogen) atoms. The van der Waals surface area contributed by atoms with Crippen LogP contribution in [0, 0.1) is 0 Å². The number of phenolic OH excluding ortho intramolecular Hbond substituents is 1. The minimum Gasteiger partial charge on any atom is -0.507 e. The van der Waals surface area contributed by atoms with Crippen molar-refractivity contribution in [2.75, 3.05) is 6.61 Å². The van der Waals surface area contributed by atoms with Crippen molar-refractivity contribution in [3.05, 3.63) is 78.4 Å². The van der Waals surface area contributed by atoms with Crippen LogP contribution in [0.25, 0.3) is 21.5 Å². The van der Waals surface area contributed by atoms with E-state index >= 15 is 0 Å². The highest BCUT2D eigenvalue weighted by Gasteiger charge is 2.28. The van der Waals surface area contributed by atoms with Crippen molar-refractivity contribution in [3.8, 4) is 17.2 Å². The van der Waals surface area contributed by atoms with Crippen LogP contribution < -0.4 is 14.9 Å². The highest BCUT2D eigenvalue weighted by Crippen LogP contribution is 2.36. The number of hydrogen-bond donors (Lipinski definition) is 2. The maximum absolute atomic E-state index is 12.6. The average molecular weight is 412 g/mol. The van der Waals surface area contributed by atoms with Gasteiger partial charge < -0.3 is 14.6 Å². The summed E-state index contributed by atoms with van der Waals surface area (Å²) in [6.07, 6.45) is -0.824. The minimum atomic E-state index is -0.824. The van der Waals surface area contributed by atoms with Gasteiger partial charge in [0.1, 0.15) is 12.4 Å². The van der Waals surface area contributed by atoms with Crippen LogP contribution in [0.4, 0.5) is 0 Å². The number of ether oxygens (including phenoxy) is 2. The number of phenols is 1. The van der Waals surface area contributed by atoms with Crippen LogP contribution in [0.1, 0.15) is 12.5 Å². The summed E-state index contributed by atoms with van der Waals surface area (Å²) in [5, 5.41) is 18.5. The van der Waals surface area contributed by atoms with Crippen LogP contribution in [0.3, 0.4) is 0 Å². The summed E-state index contributed by atoms with van der Waals surface area (Å²) in [7, 11) is 0. The lowest BCUT2D eigenvalue weighted by Gasteiger charge is -2.25. The molecule has 2 N–H and O–H groups in total. The number of aromatic hydroxyl groups is 1. The maximum atomic E-state index is 12.6. The molecule has 0 spiro atoms. The van der Waals surface area contributed by atoms with Gasteiger partial charge in [0.05, 0.1) is 5.71 Å². The second-order valence-corrected chi connectivity index (χ2v) is 7.42. The lowest BCUT2D eigenvalue weighted by atomic mass is 10.0. The SMILES string of the molecule is CC(=NNC(=O)C1COc2cc3ccccc3cc2O1)c1ccc2ccccc2c1O. The molecular weight excluding hydrogens is 392 g/mol. The van der Waals surface area contributed by atoms with Crippen LogP contribution >= 0.6 is 0 Å². The van der Waals surface area contributed by atoms with Gasteiger partial charge in [0.15, 0.2) is 11.5 Å². The van der Waals surface area contributed by atoms with Crippen LogP contribution in [0.15, 0.2) is 77.9 Å². The fourth-order valence-corrected chi connectivity index (χ4v) is 3.70. The summed E-state index contributed by atoms with van der Waals surface area (Å²) >= 11 is 0. The van der Waals surface area contributed by atoms with E-state index in [1.54, 1.807) is 13.0 Å². The first-order valence-corrected chi connectivity index (χ1v) is 9.97. The van der Waals surface area contributed by atoms with Crippen molar-refractivity contribution in [1.82, 2.24) is 5.43 Å². The molecule has 6 nitrogen and oxygen atoms in total. The molecule has 1 unspecified atom stereocenters. The van der Waals surface area contributed by atoms with Crippen LogP contribution in [0.5, 0.6) is 17.2 Å². The van der Waals surface area contributed by atoms with Crippen LogP contribution in [-0.2, 0) is 4.79 Å². The summed E-state index contributed by atoms with van der Waals surface area (Å²) in [5.74, 6) is 0.853. The summed E-state index contributed by atoms with van der Waals surface area (Å²) in [5.41, 5.74) is 3.57. The van der Waals surface area contributed by atoms with Gasteiger partial charge in [-0.3, -0.25) is 4.79 Å². The number of benzene rings is 4. The Morgan fingerprint density at radius 3 is 2.42 bits per heavy atom. The number of amides is 1. The van der Waals surface area contributed by atoms with Gasteiger partial charge in [-0.05, 0) is 41.3 Å². The monoisotopic (exact) mass is 412 g/mol. The molecule has 0 fully saturated rings. The first-order valence-electron chi connectivity index (χ1n) is 9.97. The van der Waals surface area contributed by atoms with Crippen molar-refractivity contribution in [3.63, 3.8) is 0 Å². The molecular formula is C25H20N2O4. The van der Waals surface area contributed by atoms with Gasteiger partial charge in [-0.2, -0.15) is 5.10 Å². The summed E-state index contributed by atoms with van der Waals surface area (Å²) < 4.78 is 11.6. The van der Waals surface area contributed by atoms with Gasteiger partial charge in [0, 0.05) is 10.9 Å². The second-order valence-electron chi connectivity index (χ2n) is 7.42. The molecule has 0 saturated heterocycles. The van der Waals surface area contributed by atoms with E-state index in [-0.39, 0.29) is 12.4 Å². The highest BCUT2D eigenvalue weighted by molar-refractivity contribution is 6.06. The zero-order chi connectivity index (χ0) is 21.4. The van der Waals surface area contributed by atoms with E-state index in [0.717, 1.165) is 21.5 Å². The third-order valence-electron chi connectivity index (χ3n) is 5.39. The van der Waals surface area contributed by atoms with E-state index in [9.17, 15) is 9.90 Å². The van der Waals surface area contributed by atoms with Gasteiger partial charge in [0.2, 0.25) is 6.10 Å². The van der Waals surface area contributed by atoms with Crippen LogP contribution in [0.2, 0.25) is 0 Å². The quantitative estimate of drug-likeness (QED) is 0.387. The molecule has 0 saturated carbocycles. The Labute approximate surface area is 178 Å². The normalized spacial score (nSPS) is 15.8. The Hall–Kier alpha value is -4.06. The lowest BCUT2D eigenvalue weighted by Crippen LogP contribution is -2.42. The molecule has 154 valence electrons. The first kappa shape index (κ1) is 18.9. The maximum Gasteiger partial charge on any atom is 0.284 e. The highest BCUT2D eigenvalue weighted by atomic mass is 16.6.